The van der Waals surface area contributed by atoms with Crippen LogP contribution in [-0.2, 0) is 0 Å². The van der Waals surface area contributed by atoms with Crippen LogP contribution < -0.4 is 4.74 Å². The third-order valence-corrected chi connectivity index (χ3v) is 3.41. The minimum absolute atomic E-state index is 0.0541. The van der Waals surface area contributed by atoms with Gasteiger partial charge in [-0.05, 0) is 38.1 Å². The molecule has 0 N–H and O–H groups in total. The number of rotatable bonds is 5. The Hall–Kier alpha value is -2.13. The molecular formula is C14H17N3O3. The summed E-state index contributed by atoms with van der Waals surface area (Å²) >= 11 is 0. The largest absolute Gasteiger partial charge is 0.492 e. The summed E-state index contributed by atoms with van der Waals surface area (Å²) in [6.45, 7) is 3.52. The minimum atomic E-state index is -0.559. The predicted octanol–water partition coefficient (Wildman–Crippen LogP) is 2.33. The standard InChI is InChI=1S/C14H17N3O3/c15-11-12-4-5-13(10-14(12)17(18)19)20-9-8-16-6-2-1-3-7-16/h4-5,10H,1-3,6-9H2. The number of ether oxygens (including phenoxy) is 1. The zero-order valence-corrected chi connectivity index (χ0v) is 11.2. The first-order chi connectivity index (χ1) is 9.70. The first kappa shape index (κ1) is 14.3. The average molecular weight is 275 g/mol. The molecule has 0 aliphatic carbocycles. The Kier molecular flexibility index (Phi) is 4.91. The van der Waals surface area contributed by atoms with E-state index in [4.69, 9.17) is 10.00 Å². The van der Waals surface area contributed by atoms with Gasteiger partial charge in [-0.1, -0.05) is 6.42 Å². The van der Waals surface area contributed by atoms with Crippen LogP contribution in [0.1, 0.15) is 24.8 Å². The molecule has 20 heavy (non-hydrogen) atoms. The SMILES string of the molecule is N#Cc1ccc(OCCN2CCCCC2)cc1[N+](=O)[O-]. The summed E-state index contributed by atoms with van der Waals surface area (Å²) in [5.41, 5.74) is -0.152. The third kappa shape index (κ3) is 3.68. The van der Waals surface area contributed by atoms with Gasteiger partial charge in [-0.25, -0.2) is 0 Å². The predicted molar refractivity (Wildman–Crippen MR) is 73.6 cm³/mol. The van der Waals surface area contributed by atoms with E-state index in [0.717, 1.165) is 19.6 Å². The average Bonchev–Trinajstić information content (AvgIpc) is 2.48. The van der Waals surface area contributed by atoms with Crippen molar-refractivity contribution < 1.29 is 9.66 Å². The zero-order chi connectivity index (χ0) is 14.4. The highest BCUT2D eigenvalue weighted by molar-refractivity contribution is 5.52. The van der Waals surface area contributed by atoms with Gasteiger partial charge in [0.25, 0.3) is 5.69 Å². The van der Waals surface area contributed by atoms with E-state index in [9.17, 15) is 10.1 Å². The first-order valence-electron chi connectivity index (χ1n) is 6.74. The highest BCUT2D eigenvalue weighted by atomic mass is 16.6. The molecule has 0 saturated carbocycles. The highest BCUT2D eigenvalue weighted by Gasteiger charge is 2.15. The van der Waals surface area contributed by atoms with Gasteiger partial charge < -0.3 is 4.74 Å². The fourth-order valence-electron chi connectivity index (χ4n) is 2.32. The van der Waals surface area contributed by atoms with Crippen molar-refractivity contribution >= 4 is 5.69 Å². The van der Waals surface area contributed by atoms with E-state index in [1.807, 2.05) is 0 Å². The van der Waals surface area contributed by atoms with Crippen molar-refractivity contribution in [3.63, 3.8) is 0 Å². The van der Waals surface area contributed by atoms with E-state index in [1.165, 1.54) is 31.4 Å². The smallest absolute Gasteiger partial charge is 0.290 e. The van der Waals surface area contributed by atoms with Gasteiger partial charge in [0, 0.05) is 6.54 Å². The molecule has 0 unspecified atom stereocenters. The molecular weight excluding hydrogens is 258 g/mol. The number of likely N-dealkylation sites (tertiary alicyclic amines) is 1. The Morgan fingerprint density at radius 2 is 2.10 bits per heavy atom. The van der Waals surface area contributed by atoms with Crippen molar-refractivity contribution in [2.45, 2.75) is 19.3 Å². The lowest BCUT2D eigenvalue weighted by atomic mass is 10.1. The van der Waals surface area contributed by atoms with Crippen LogP contribution in [0.15, 0.2) is 18.2 Å². The van der Waals surface area contributed by atoms with E-state index in [2.05, 4.69) is 4.90 Å². The molecule has 6 heteroatoms. The number of benzene rings is 1. The van der Waals surface area contributed by atoms with Crippen molar-refractivity contribution in [3.05, 3.63) is 33.9 Å². The van der Waals surface area contributed by atoms with Gasteiger partial charge >= 0.3 is 0 Å². The molecule has 0 amide bonds. The summed E-state index contributed by atoms with van der Waals surface area (Å²) in [4.78, 5) is 12.6. The van der Waals surface area contributed by atoms with Crippen molar-refractivity contribution in [2.24, 2.45) is 0 Å². The quantitative estimate of drug-likeness (QED) is 0.608. The van der Waals surface area contributed by atoms with Crippen molar-refractivity contribution in [3.8, 4) is 11.8 Å². The fourth-order valence-corrected chi connectivity index (χ4v) is 2.32. The number of hydrogen-bond donors (Lipinski definition) is 0. The molecule has 1 aliphatic heterocycles. The maximum absolute atomic E-state index is 10.8. The van der Waals surface area contributed by atoms with Gasteiger partial charge in [0.15, 0.2) is 0 Å². The summed E-state index contributed by atoms with van der Waals surface area (Å²) in [6, 6.07) is 6.14. The van der Waals surface area contributed by atoms with Crippen molar-refractivity contribution in [1.82, 2.24) is 4.90 Å². The fraction of sp³-hybridized carbons (Fsp3) is 0.500. The van der Waals surface area contributed by atoms with Crippen LogP contribution in [0, 0.1) is 21.4 Å². The second-order valence-electron chi connectivity index (χ2n) is 4.80. The van der Waals surface area contributed by atoms with Crippen LogP contribution in [0.3, 0.4) is 0 Å². The van der Waals surface area contributed by atoms with Gasteiger partial charge in [-0.3, -0.25) is 15.0 Å². The topological polar surface area (TPSA) is 79.4 Å². The molecule has 1 saturated heterocycles. The highest BCUT2D eigenvalue weighted by Crippen LogP contribution is 2.24. The molecule has 0 spiro atoms. The molecule has 0 atom stereocenters. The van der Waals surface area contributed by atoms with Crippen LogP contribution in [0.2, 0.25) is 0 Å². The van der Waals surface area contributed by atoms with Gasteiger partial charge in [-0.2, -0.15) is 5.26 Å². The number of hydrogen-bond acceptors (Lipinski definition) is 5. The maximum Gasteiger partial charge on any atom is 0.290 e. The number of piperidine rings is 1. The van der Waals surface area contributed by atoms with Crippen molar-refractivity contribution in [1.29, 1.82) is 5.26 Å². The van der Waals surface area contributed by atoms with Crippen LogP contribution in [0.5, 0.6) is 5.75 Å². The molecule has 6 nitrogen and oxygen atoms in total. The van der Waals surface area contributed by atoms with E-state index < -0.39 is 4.92 Å². The van der Waals surface area contributed by atoms with Gasteiger partial charge in [0.2, 0.25) is 0 Å². The molecule has 0 aromatic heterocycles. The molecule has 106 valence electrons. The Morgan fingerprint density at radius 3 is 2.75 bits per heavy atom. The zero-order valence-electron chi connectivity index (χ0n) is 11.2. The normalized spacial score (nSPS) is 15.6. The summed E-state index contributed by atoms with van der Waals surface area (Å²) < 4.78 is 5.54. The molecule has 2 rings (SSSR count). The summed E-state index contributed by atoms with van der Waals surface area (Å²) in [7, 11) is 0. The summed E-state index contributed by atoms with van der Waals surface area (Å²) in [5.74, 6) is 0.438. The Balaban J connectivity index is 1.91. The second-order valence-corrected chi connectivity index (χ2v) is 4.80. The van der Waals surface area contributed by atoms with Crippen LogP contribution in [0.4, 0.5) is 5.69 Å². The molecule has 1 aromatic rings. The molecule has 1 fully saturated rings. The third-order valence-electron chi connectivity index (χ3n) is 3.41. The number of nitriles is 1. The van der Waals surface area contributed by atoms with Crippen LogP contribution in [0.25, 0.3) is 0 Å². The number of nitro benzene ring substituents is 1. The van der Waals surface area contributed by atoms with Crippen molar-refractivity contribution in [2.75, 3.05) is 26.2 Å². The lowest BCUT2D eigenvalue weighted by molar-refractivity contribution is -0.385. The molecule has 1 heterocycles. The molecule has 0 bridgehead atoms. The first-order valence-corrected chi connectivity index (χ1v) is 6.74. The monoisotopic (exact) mass is 275 g/mol. The molecule has 0 radical (unpaired) electrons. The van der Waals surface area contributed by atoms with E-state index in [1.54, 1.807) is 12.1 Å². The Bertz CT molecular complexity index is 519. The number of nitro groups is 1. The Labute approximate surface area is 117 Å². The minimum Gasteiger partial charge on any atom is -0.492 e. The Morgan fingerprint density at radius 1 is 1.35 bits per heavy atom. The summed E-state index contributed by atoms with van der Waals surface area (Å²) in [6.07, 6.45) is 3.74. The number of nitrogens with zero attached hydrogens (tertiary/aromatic N) is 3. The summed E-state index contributed by atoms with van der Waals surface area (Å²) in [5, 5.41) is 19.6. The lowest BCUT2D eigenvalue weighted by Crippen LogP contribution is -2.33. The van der Waals surface area contributed by atoms with Gasteiger partial charge in [-0.15, -0.1) is 0 Å². The maximum atomic E-state index is 10.8. The molecule has 1 aliphatic rings. The molecule has 1 aromatic carbocycles. The van der Waals surface area contributed by atoms with E-state index in [-0.39, 0.29) is 11.3 Å². The van der Waals surface area contributed by atoms with Gasteiger partial charge in [0.1, 0.15) is 24.0 Å². The van der Waals surface area contributed by atoms with Gasteiger partial charge in [0.05, 0.1) is 11.0 Å². The lowest BCUT2D eigenvalue weighted by Gasteiger charge is -2.26. The van der Waals surface area contributed by atoms with E-state index in [0.29, 0.717) is 12.4 Å². The second kappa shape index (κ2) is 6.87. The van der Waals surface area contributed by atoms with Crippen LogP contribution >= 0.6 is 0 Å². The van der Waals surface area contributed by atoms with E-state index >= 15 is 0 Å². The van der Waals surface area contributed by atoms with Crippen LogP contribution in [-0.4, -0.2) is 36.1 Å².